The third-order valence-electron chi connectivity index (χ3n) is 3.61. The van der Waals surface area contributed by atoms with E-state index in [1.165, 1.54) is 25.7 Å². The summed E-state index contributed by atoms with van der Waals surface area (Å²) in [5, 5.41) is 8.41. The Morgan fingerprint density at radius 1 is 1.32 bits per heavy atom. The van der Waals surface area contributed by atoms with Crippen LogP contribution in [0.2, 0.25) is 0 Å². The molecule has 1 aliphatic rings. The van der Waals surface area contributed by atoms with Gasteiger partial charge in [0.2, 0.25) is 0 Å². The van der Waals surface area contributed by atoms with Crippen LogP contribution in [0.4, 0.5) is 11.4 Å². The molecule has 106 valence electrons. The maximum Gasteiger partial charge on any atom is 0.296 e. The maximum absolute atomic E-state index is 11.0. The summed E-state index contributed by atoms with van der Waals surface area (Å²) in [4.78, 5) is 0. The minimum atomic E-state index is -3.71. The van der Waals surface area contributed by atoms with E-state index < -0.39 is 10.2 Å². The van der Waals surface area contributed by atoms with Crippen molar-refractivity contribution in [2.24, 2.45) is 11.1 Å². The van der Waals surface area contributed by atoms with E-state index >= 15 is 0 Å². The molecule has 0 radical (unpaired) electrons. The molecule has 2 unspecified atom stereocenters. The predicted molar refractivity (Wildman–Crippen MR) is 78.2 cm³/mol. The molecule has 2 rings (SSSR count). The molecule has 0 bridgehead atoms. The molecule has 1 saturated carbocycles. The van der Waals surface area contributed by atoms with Crippen LogP contribution in [0, 0.1) is 5.92 Å². The van der Waals surface area contributed by atoms with Gasteiger partial charge in [-0.1, -0.05) is 19.4 Å². The van der Waals surface area contributed by atoms with Gasteiger partial charge < -0.3 is 5.32 Å². The third-order valence-corrected chi connectivity index (χ3v) is 4.13. The molecule has 0 amide bonds. The molecular formula is C13H21N3O2S. The Morgan fingerprint density at radius 3 is 2.68 bits per heavy atom. The molecule has 0 heterocycles. The summed E-state index contributed by atoms with van der Waals surface area (Å²) < 4.78 is 24.2. The van der Waals surface area contributed by atoms with Crippen LogP contribution < -0.4 is 15.2 Å². The summed E-state index contributed by atoms with van der Waals surface area (Å²) >= 11 is 0. The van der Waals surface area contributed by atoms with E-state index in [0.29, 0.717) is 11.7 Å². The second-order valence-electron chi connectivity index (χ2n) is 5.16. The van der Waals surface area contributed by atoms with E-state index in [-0.39, 0.29) is 0 Å². The molecule has 1 aliphatic carbocycles. The smallest absolute Gasteiger partial charge is 0.296 e. The van der Waals surface area contributed by atoms with Crippen LogP contribution in [0.15, 0.2) is 24.3 Å². The van der Waals surface area contributed by atoms with Crippen LogP contribution in [0.25, 0.3) is 0 Å². The Bertz CT molecular complexity index is 530. The highest BCUT2D eigenvalue weighted by molar-refractivity contribution is 7.90. The average molecular weight is 283 g/mol. The van der Waals surface area contributed by atoms with E-state index in [2.05, 4.69) is 17.0 Å². The summed E-state index contributed by atoms with van der Waals surface area (Å²) in [6.45, 7) is 2.23. The first kappa shape index (κ1) is 14.1. The van der Waals surface area contributed by atoms with E-state index in [0.717, 1.165) is 11.6 Å². The normalized spacial score (nSPS) is 23.3. The van der Waals surface area contributed by atoms with Gasteiger partial charge in [-0.15, -0.1) is 0 Å². The zero-order chi connectivity index (χ0) is 13.9. The maximum atomic E-state index is 11.0. The molecule has 6 heteroatoms. The van der Waals surface area contributed by atoms with Crippen molar-refractivity contribution in [3.63, 3.8) is 0 Å². The highest BCUT2D eigenvalue weighted by Gasteiger charge is 2.22. The van der Waals surface area contributed by atoms with Crippen molar-refractivity contribution < 1.29 is 8.42 Å². The van der Waals surface area contributed by atoms with Gasteiger partial charge in [-0.3, -0.25) is 4.72 Å². The van der Waals surface area contributed by atoms with Gasteiger partial charge in [-0.05, 0) is 43.4 Å². The lowest BCUT2D eigenvalue weighted by atomic mass is 10.1. The number of hydrogen-bond acceptors (Lipinski definition) is 3. The van der Waals surface area contributed by atoms with Crippen molar-refractivity contribution in [3.8, 4) is 0 Å². The van der Waals surface area contributed by atoms with Crippen LogP contribution in [0.1, 0.15) is 32.6 Å². The quantitative estimate of drug-likeness (QED) is 0.775. The standard InChI is InChI=1S/C13H21N3O2S/c1-2-10-6-7-12(8-10)15-11-4-3-5-13(9-11)16-19(14,17)18/h3-5,9-10,12,15-16H,2,6-8H2,1H3,(H2,14,17,18). The predicted octanol–water partition coefficient (Wildman–Crippen LogP) is 2.29. The van der Waals surface area contributed by atoms with Crippen molar-refractivity contribution in [1.29, 1.82) is 0 Å². The van der Waals surface area contributed by atoms with Gasteiger partial charge >= 0.3 is 0 Å². The number of anilines is 2. The lowest BCUT2D eigenvalue weighted by molar-refractivity contribution is 0.525. The highest BCUT2D eigenvalue weighted by atomic mass is 32.2. The Balaban J connectivity index is 1.99. The Morgan fingerprint density at radius 2 is 2.05 bits per heavy atom. The molecule has 2 atom stereocenters. The molecule has 1 fully saturated rings. The number of nitrogens with two attached hydrogens (primary N) is 1. The number of hydrogen-bond donors (Lipinski definition) is 3. The molecule has 19 heavy (non-hydrogen) atoms. The summed E-state index contributed by atoms with van der Waals surface area (Å²) in [5.74, 6) is 0.809. The van der Waals surface area contributed by atoms with Crippen molar-refractivity contribution in [1.82, 2.24) is 0 Å². The molecular weight excluding hydrogens is 262 g/mol. The summed E-state index contributed by atoms with van der Waals surface area (Å²) in [6, 6.07) is 7.67. The average Bonchev–Trinajstić information content (AvgIpc) is 2.75. The van der Waals surface area contributed by atoms with Gasteiger partial charge in [0, 0.05) is 11.7 Å². The molecule has 0 aliphatic heterocycles. The fourth-order valence-corrected chi connectivity index (χ4v) is 3.10. The molecule has 4 N–H and O–H groups in total. The van der Waals surface area contributed by atoms with Crippen molar-refractivity contribution in [2.45, 2.75) is 38.6 Å². The van der Waals surface area contributed by atoms with Gasteiger partial charge in [0.05, 0.1) is 5.69 Å². The van der Waals surface area contributed by atoms with Crippen molar-refractivity contribution >= 4 is 21.6 Å². The van der Waals surface area contributed by atoms with Gasteiger partial charge in [0.25, 0.3) is 10.2 Å². The van der Waals surface area contributed by atoms with E-state index in [4.69, 9.17) is 5.14 Å². The second-order valence-corrected chi connectivity index (χ2v) is 6.45. The fourth-order valence-electron chi connectivity index (χ4n) is 2.65. The Hall–Kier alpha value is -1.27. The van der Waals surface area contributed by atoms with E-state index in [1.54, 1.807) is 12.1 Å². The first-order valence-corrected chi connectivity index (χ1v) is 8.18. The summed E-state index contributed by atoms with van der Waals surface area (Å²) in [5.41, 5.74) is 1.41. The molecule has 0 saturated heterocycles. The van der Waals surface area contributed by atoms with Crippen LogP contribution in [-0.4, -0.2) is 14.5 Å². The van der Waals surface area contributed by atoms with Crippen LogP contribution in [0.3, 0.4) is 0 Å². The van der Waals surface area contributed by atoms with E-state index in [1.807, 2.05) is 12.1 Å². The largest absolute Gasteiger partial charge is 0.382 e. The first-order valence-electron chi connectivity index (χ1n) is 6.63. The Labute approximate surface area is 114 Å². The van der Waals surface area contributed by atoms with Crippen molar-refractivity contribution in [2.75, 3.05) is 10.0 Å². The first-order chi connectivity index (χ1) is 8.96. The van der Waals surface area contributed by atoms with Gasteiger partial charge in [-0.25, -0.2) is 5.14 Å². The van der Waals surface area contributed by atoms with Gasteiger partial charge in [0.15, 0.2) is 0 Å². The Kier molecular flexibility index (Phi) is 4.31. The molecule has 0 spiro atoms. The van der Waals surface area contributed by atoms with Crippen LogP contribution >= 0.6 is 0 Å². The van der Waals surface area contributed by atoms with E-state index in [9.17, 15) is 8.42 Å². The molecule has 5 nitrogen and oxygen atoms in total. The highest BCUT2D eigenvalue weighted by Crippen LogP contribution is 2.30. The molecule has 0 aromatic heterocycles. The van der Waals surface area contributed by atoms with Crippen LogP contribution in [-0.2, 0) is 10.2 Å². The SMILES string of the molecule is CCC1CCC(Nc2cccc(NS(N)(=O)=O)c2)C1. The minimum absolute atomic E-state index is 0.481. The molecule has 1 aromatic carbocycles. The zero-order valence-corrected chi connectivity index (χ0v) is 11.9. The summed E-state index contributed by atoms with van der Waals surface area (Å²) in [6.07, 6.45) is 4.85. The monoisotopic (exact) mass is 283 g/mol. The number of rotatable bonds is 5. The van der Waals surface area contributed by atoms with Gasteiger partial charge in [0.1, 0.15) is 0 Å². The van der Waals surface area contributed by atoms with Crippen LogP contribution in [0.5, 0.6) is 0 Å². The minimum Gasteiger partial charge on any atom is -0.382 e. The molecule has 1 aromatic rings. The van der Waals surface area contributed by atoms with Crippen molar-refractivity contribution in [3.05, 3.63) is 24.3 Å². The second kappa shape index (κ2) is 5.79. The number of benzene rings is 1. The topological polar surface area (TPSA) is 84.2 Å². The zero-order valence-electron chi connectivity index (χ0n) is 11.1. The third kappa shape index (κ3) is 4.40. The number of nitrogens with one attached hydrogen (secondary N) is 2. The lowest BCUT2D eigenvalue weighted by Crippen LogP contribution is -2.22. The lowest BCUT2D eigenvalue weighted by Gasteiger charge is -2.15. The van der Waals surface area contributed by atoms with Gasteiger partial charge in [-0.2, -0.15) is 8.42 Å². The fraction of sp³-hybridized carbons (Fsp3) is 0.538. The summed E-state index contributed by atoms with van der Waals surface area (Å²) in [7, 11) is -3.71.